The highest BCUT2D eigenvalue weighted by Gasteiger charge is 2.14. The minimum Gasteiger partial charge on any atom is -0.378 e. The Hall–Kier alpha value is -0.430. The Balaban J connectivity index is 1.52. The second kappa shape index (κ2) is 7.89. The van der Waals surface area contributed by atoms with E-state index in [2.05, 4.69) is 10.2 Å². The van der Waals surface area contributed by atoms with Crippen molar-refractivity contribution >= 4 is 17.3 Å². The van der Waals surface area contributed by atoms with Gasteiger partial charge in [-0.25, -0.2) is 0 Å². The number of nitrogens with zero attached hydrogens (tertiary/aromatic N) is 1. The van der Waals surface area contributed by atoms with Crippen molar-refractivity contribution in [1.29, 1.82) is 0 Å². The third kappa shape index (κ3) is 4.68. The average molecular weight is 274 g/mol. The summed E-state index contributed by atoms with van der Waals surface area (Å²) in [6, 6.07) is 0. The van der Waals surface area contributed by atoms with Gasteiger partial charge in [0.25, 0.3) is 0 Å². The molecule has 0 saturated carbocycles. The fourth-order valence-electron chi connectivity index (χ4n) is 2.32. The predicted octanol–water partition coefficient (Wildman–Crippen LogP) is -1.50. The number of hydrogen-bond acceptors (Lipinski definition) is 3. The molecule has 0 aromatic rings. The molecule has 0 atom stereocenters. The van der Waals surface area contributed by atoms with Gasteiger partial charge in [-0.3, -0.25) is 0 Å². The van der Waals surface area contributed by atoms with Crippen molar-refractivity contribution in [3.63, 3.8) is 0 Å². The van der Waals surface area contributed by atoms with Crippen LogP contribution < -0.4 is 10.2 Å². The summed E-state index contributed by atoms with van der Waals surface area (Å²) >= 11 is 5.38. The molecule has 2 aliphatic heterocycles. The maximum absolute atomic E-state index is 5.38. The van der Waals surface area contributed by atoms with Gasteiger partial charge in [-0.05, 0) is 12.2 Å². The number of morpholine rings is 2. The first-order valence-corrected chi connectivity index (χ1v) is 7.29. The van der Waals surface area contributed by atoms with Crippen molar-refractivity contribution < 1.29 is 14.4 Å². The third-order valence-electron chi connectivity index (χ3n) is 3.48. The molecule has 2 heterocycles. The van der Waals surface area contributed by atoms with Crippen LogP contribution in [-0.4, -0.2) is 75.7 Å². The van der Waals surface area contributed by atoms with Crippen LogP contribution in [0.5, 0.6) is 0 Å². The summed E-state index contributed by atoms with van der Waals surface area (Å²) in [4.78, 5) is 3.85. The molecule has 0 aliphatic carbocycles. The first-order chi connectivity index (χ1) is 8.86. The van der Waals surface area contributed by atoms with Crippen LogP contribution in [0.25, 0.3) is 0 Å². The maximum atomic E-state index is 5.38. The standard InChI is InChI=1S/C12H23N3O2S/c18-12(15-6-10-17-11-7-15)13-2-1-3-14-4-8-16-9-5-14/h1-11H2,(H,13,18)/p+1. The van der Waals surface area contributed by atoms with E-state index in [4.69, 9.17) is 21.7 Å². The molecule has 0 unspecified atom stereocenters. The van der Waals surface area contributed by atoms with Crippen molar-refractivity contribution in [2.24, 2.45) is 0 Å². The zero-order chi connectivity index (χ0) is 12.6. The Labute approximate surface area is 114 Å². The van der Waals surface area contributed by atoms with Gasteiger partial charge in [0.15, 0.2) is 5.11 Å². The minimum atomic E-state index is 0.791. The van der Waals surface area contributed by atoms with Gasteiger partial charge in [-0.1, -0.05) is 0 Å². The maximum Gasteiger partial charge on any atom is 0.169 e. The molecule has 2 rings (SSSR count). The molecular weight excluding hydrogens is 250 g/mol. The van der Waals surface area contributed by atoms with Gasteiger partial charge in [0.2, 0.25) is 0 Å². The molecular formula is C12H24N3O2S+. The Morgan fingerprint density at radius 2 is 1.78 bits per heavy atom. The number of thiocarbonyl (C=S) groups is 1. The molecule has 0 aromatic heterocycles. The van der Waals surface area contributed by atoms with E-state index in [1.165, 1.54) is 13.0 Å². The van der Waals surface area contributed by atoms with E-state index in [1.807, 2.05) is 0 Å². The van der Waals surface area contributed by atoms with Crippen LogP contribution in [-0.2, 0) is 9.47 Å². The van der Waals surface area contributed by atoms with Crippen molar-refractivity contribution in [2.45, 2.75) is 6.42 Å². The summed E-state index contributed by atoms with van der Waals surface area (Å²) in [5.41, 5.74) is 0. The molecule has 2 aliphatic rings. The highest BCUT2D eigenvalue weighted by Crippen LogP contribution is 1.97. The Morgan fingerprint density at radius 1 is 1.11 bits per heavy atom. The van der Waals surface area contributed by atoms with E-state index in [9.17, 15) is 0 Å². The molecule has 0 aromatic carbocycles. The van der Waals surface area contributed by atoms with Gasteiger partial charge in [0.1, 0.15) is 13.1 Å². The highest BCUT2D eigenvalue weighted by molar-refractivity contribution is 7.80. The largest absolute Gasteiger partial charge is 0.378 e. The van der Waals surface area contributed by atoms with Crippen molar-refractivity contribution in [1.82, 2.24) is 10.2 Å². The molecule has 2 N–H and O–H groups in total. The molecule has 6 heteroatoms. The second-order valence-electron chi connectivity index (χ2n) is 4.80. The van der Waals surface area contributed by atoms with Gasteiger partial charge in [-0.15, -0.1) is 0 Å². The second-order valence-corrected chi connectivity index (χ2v) is 5.18. The lowest BCUT2D eigenvalue weighted by atomic mass is 10.3. The molecule has 0 amide bonds. The van der Waals surface area contributed by atoms with Gasteiger partial charge >= 0.3 is 0 Å². The van der Waals surface area contributed by atoms with Gasteiger partial charge in [0, 0.05) is 26.1 Å². The number of ether oxygens (including phenoxy) is 2. The van der Waals surface area contributed by atoms with Crippen molar-refractivity contribution in [3.8, 4) is 0 Å². The van der Waals surface area contributed by atoms with E-state index < -0.39 is 0 Å². The summed E-state index contributed by atoms with van der Waals surface area (Å²) < 4.78 is 10.7. The number of hydrogen-bond donors (Lipinski definition) is 2. The first-order valence-electron chi connectivity index (χ1n) is 6.88. The van der Waals surface area contributed by atoms with Crippen LogP contribution in [0.1, 0.15) is 6.42 Å². The smallest absolute Gasteiger partial charge is 0.169 e. The van der Waals surface area contributed by atoms with Gasteiger partial charge < -0.3 is 24.6 Å². The van der Waals surface area contributed by atoms with Crippen LogP contribution in [0.15, 0.2) is 0 Å². The molecule has 104 valence electrons. The zero-order valence-electron chi connectivity index (χ0n) is 11.0. The normalized spacial score (nSPS) is 21.9. The van der Waals surface area contributed by atoms with E-state index in [0.29, 0.717) is 0 Å². The molecule has 0 radical (unpaired) electrons. The van der Waals surface area contributed by atoms with E-state index in [0.717, 1.165) is 64.3 Å². The molecule has 2 fully saturated rings. The quantitative estimate of drug-likeness (QED) is 0.482. The predicted molar refractivity (Wildman–Crippen MR) is 74.0 cm³/mol. The highest BCUT2D eigenvalue weighted by atomic mass is 32.1. The van der Waals surface area contributed by atoms with Crippen LogP contribution >= 0.6 is 12.2 Å². The Morgan fingerprint density at radius 3 is 2.50 bits per heavy atom. The van der Waals surface area contributed by atoms with Crippen molar-refractivity contribution in [3.05, 3.63) is 0 Å². The molecule has 2 saturated heterocycles. The molecule has 0 spiro atoms. The summed E-state index contributed by atoms with van der Waals surface area (Å²) in [5, 5.41) is 4.23. The lowest BCUT2D eigenvalue weighted by Crippen LogP contribution is -3.14. The number of rotatable bonds is 4. The lowest BCUT2D eigenvalue weighted by molar-refractivity contribution is -0.908. The number of quaternary nitrogens is 1. The Bertz CT molecular complexity index is 254. The molecule has 5 nitrogen and oxygen atoms in total. The number of nitrogens with one attached hydrogen (secondary N) is 2. The van der Waals surface area contributed by atoms with Gasteiger partial charge in [-0.2, -0.15) is 0 Å². The first kappa shape index (κ1) is 14.0. The summed E-state index contributed by atoms with van der Waals surface area (Å²) in [7, 11) is 0. The average Bonchev–Trinajstić information content (AvgIpc) is 2.45. The van der Waals surface area contributed by atoms with Crippen LogP contribution in [0.4, 0.5) is 0 Å². The fourth-order valence-corrected chi connectivity index (χ4v) is 2.61. The van der Waals surface area contributed by atoms with Crippen LogP contribution in [0, 0.1) is 0 Å². The summed E-state index contributed by atoms with van der Waals surface area (Å²) in [5.74, 6) is 0. The zero-order valence-corrected chi connectivity index (χ0v) is 11.8. The van der Waals surface area contributed by atoms with Crippen LogP contribution in [0.2, 0.25) is 0 Å². The molecule has 18 heavy (non-hydrogen) atoms. The Kier molecular flexibility index (Phi) is 6.13. The molecule has 0 bridgehead atoms. The van der Waals surface area contributed by atoms with Crippen molar-refractivity contribution in [2.75, 3.05) is 65.7 Å². The SMILES string of the molecule is S=C(NCCC[NH+]1CCOCC1)N1CCOCC1. The van der Waals surface area contributed by atoms with E-state index >= 15 is 0 Å². The van der Waals surface area contributed by atoms with E-state index in [-0.39, 0.29) is 0 Å². The fraction of sp³-hybridized carbons (Fsp3) is 0.917. The monoisotopic (exact) mass is 274 g/mol. The summed E-state index contributed by atoms with van der Waals surface area (Å²) in [6.45, 7) is 9.72. The van der Waals surface area contributed by atoms with Gasteiger partial charge in [0.05, 0.1) is 33.0 Å². The third-order valence-corrected chi connectivity index (χ3v) is 3.88. The lowest BCUT2D eigenvalue weighted by Gasteiger charge is -2.29. The summed E-state index contributed by atoms with van der Waals surface area (Å²) in [6.07, 6.45) is 1.17. The van der Waals surface area contributed by atoms with Crippen LogP contribution in [0.3, 0.4) is 0 Å². The minimum absolute atomic E-state index is 0.791. The van der Waals surface area contributed by atoms with E-state index in [1.54, 1.807) is 4.90 Å². The topological polar surface area (TPSA) is 38.2 Å².